The Kier molecular flexibility index (Phi) is 3.86. The number of ether oxygens (including phenoxy) is 2. The van der Waals surface area contributed by atoms with Gasteiger partial charge in [-0.25, -0.2) is 4.79 Å². The van der Waals surface area contributed by atoms with Crippen LogP contribution in [0.15, 0.2) is 0 Å². The lowest BCUT2D eigenvalue weighted by molar-refractivity contribution is -0.184. The maximum Gasteiger partial charge on any atom is 0.422 e. The molecule has 4 nitrogen and oxygen atoms in total. The van der Waals surface area contributed by atoms with E-state index in [9.17, 15) is 18.0 Å². The molecule has 1 aliphatic rings. The molecule has 0 unspecified atom stereocenters. The van der Waals surface area contributed by atoms with Crippen molar-refractivity contribution >= 4 is 6.09 Å². The lowest BCUT2D eigenvalue weighted by atomic mass is 9.99. The minimum atomic E-state index is -4.51. The predicted molar refractivity (Wildman–Crippen MR) is 58.2 cm³/mol. The zero-order valence-corrected chi connectivity index (χ0v) is 10.9. The van der Waals surface area contributed by atoms with Gasteiger partial charge in [-0.3, -0.25) is 0 Å². The van der Waals surface area contributed by atoms with E-state index >= 15 is 0 Å². The highest BCUT2D eigenvalue weighted by molar-refractivity contribution is 5.68. The van der Waals surface area contributed by atoms with Crippen LogP contribution < -0.4 is 0 Å². The zero-order chi connectivity index (χ0) is 14.2. The third-order valence-electron chi connectivity index (χ3n) is 2.31. The van der Waals surface area contributed by atoms with Crippen molar-refractivity contribution in [3.63, 3.8) is 0 Å². The van der Waals surface area contributed by atoms with Gasteiger partial charge in [-0.2, -0.15) is 13.2 Å². The molecule has 0 saturated carbocycles. The summed E-state index contributed by atoms with van der Waals surface area (Å²) in [6.45, 7) is 5.94. The molecule has 0 bridgehead atoms. The summed E-state index contributed by atoms with van der Waals surface area (Å²) in [6, 6.07) is 0. The first kappa shape index (κ1) is 15.1. The van der Waals surface area contributed by atoms with Crippen molar-refractivity contribution in [2.45, 2.75) is 45.1 Å². The Morgan fingerprint density at radius 2 is 1.67 bits per heavy atom. The van der Waals surface area contributed by atoms with Crippen LogP contribution in [-0.4, -0.2) is 48.1 Å². The summed E-state index contributed by atoms with van der Waals surface area (Å²) in [4.78, 5) is 12.8. The molecule has 1 aliphatic heterocycles. The van der Waals surface area contributed by atoms with Gasteiger partial charge in [0.15, 0.2) is 6.61 Å². The topological polar surface area (TPSA) is 38.8 Å². The average molecular weight is 269 g/mol. The maximum absolute atomic E-state index is 12.0. The summed E-state index contributed by atoms with van der Waals surface area (Å²) in [6.07, 6.45) is -5.47. The first-order valence-corrected chi connectivity index (χ1v) is 5.59. The number of halogens is 3. The number of rotatable bonds is 1. The Morgan fingerprint density at radius 3 is 2.06 bits per heavy atom. The van der Waals surface area contributed by atoms with Crippen LogP contribution in [0.5, 0.6) is 0 Å². The van der Waals surface area contributed by atoms with Gasteiger partial charge in [0.2, 0.25) is 0 Å². The van der Waals surface area contributed by atoms with Crippen molar-refractivity contribution in [2.24, 2.45) is 0 Å². The molecular formula is C11H18F3NO3. The molecule has 0 aromatic rings. The van der Waals surface area contributed by atoms with Crippen molar-refractivity contribution in [3.05, 3.63) is 0 Å². The highest BCUT2D eigenvalue weighted by Crippen LogP contribution is 2.28. The number of alkyl halides is 3. The molecule has 18 heavy (non-hydrogen) atoms. The molecule has 0 aliphatic carbocycles. The molecule has 7 heteroatoms. The van der Waals surface area contributed by atoms with Crippen molar-refractivity contribution in [3.8, 4) is 0 Å². The Labute approximate surface area is 104 Å². The summed E-state index contributed by atoms with van der Waals surface area (Å²) in [5, 5.41) is 0. The summed E-state index contributed by atoms with van der Waals surface area (Å²) in [5.41, 5.74) is -1.22. The number of carbonyl (C=O) groups excluding carboxylic acids is 1. The van der Waals surface area contributed by atoms with Crippen LogP contribution in [0.1, 0.15) is 27.7 Å². The van der Waals surface area contributed by atoms with E-state index < -0.39 is 30.1 Å². The summed E-state index contributed by atoms with van der Waals surface area (Å²) < 4.78 is 45.9. The third-order valence-corrected chi connectivity index (χ3v) is 2.31. The highest BCUT2D eigenvalue weighted by Gasteiger charge is 2.41. The normalized spacial score (nSPS) is 22.7. The van der Waals surface area contributed by atoms with Crippen LogP contribution in [-0.2, 0) is 9.47 Å². The van der Waals surface area contributed by atoms with Gasteiger partial charge < -0.3 is 14.4 Å². The average Bonchev–Trinajstić information content (AvgIpc) is 2.07. The number of nitrogens with zero attached hydrogens (tertiary/aromatic N) is 1. The van der Waals surface area contributed by atoms with Gasteiger partial charge >= 0.3 is 12.3 Å². The van der Waals surface area contributed by atoms with Crippen LogP contribution >= 0.6 is 0 Å². The molecule has 0 N–H and O–H groups in total. The quantitative estimate of drug-likeness (QED) is 0.734. The summed E-state index contributed by atoms with van der Waals surface area (Å²) >= 11 is 0. The SMILES string of the molecule is CC1(C)CN(C(=O)OCC(F)(F)F)CC(C)(C)O1. The van der Waals surface area contributed by atoms with Crippen LogP contribution in [0.2, 0.25) is 0 Å². The van der Waals surface area contributed by atoms with E-state index in [1.165, 1.54) is 4.90 Å². The highest BCUT2D eigenvalue weighted by atomic mass is 19.4. The molecule has 0 aromatic heterocycles. The van der Waals surface area contributed by atoms with Gasteiger partial charge in [-0.1, -0.05) is 0 Å². The molecule has 1 heterocycles. The Hall–Kier alpha value is -0.980. The molecule has 0 aromatic carbocycles. The first-order chi connectivity index (χ1) is 7.90. The van der Waals surface area contributed by atoms with Gasteiger partial charge in [0.05, 0.1) is 24.3 Å². The molecule has 1 amide bonds. The van der Waals surface area contributed by atoms with Crippen LogP contribution in [0.4, 0.5) is 18.0 Å². The smallest absolute Gasteiger partial charge is 0.422 e. The Balaban J connectivity index is 2.63. The minimum absolute atomic E-state index is 0.202. The Bertz CT molecular complexity index is 310. The minimum Gasteiger partial charge on any atom is -0.440 e. The fourth-order valence-electron chi connectivity index (χ4n) is 2.15. The fourth-order valence-corrected chi connectivity index (χ4v) is 2.15. The largest absolute Gasteiger partial charge is 0.440 e. The van der Waals surface area contributed by atoms with Gasteiger partial charge in [0.1, 0.15) is 0 Å². The standard InChI is InChI=1S/C11H18F3NO3/c1-9(2)5-15(6-10(3,4)18-9)8(16)17-7-11(12,13)14/h5-7H2,1-4H3. The second kappa shape index (κ2) is 4.60. The molecule has 0 atom stereocenters. The third kappa shape index (κ3) is 4.72. The second-order valence-corrected chi connectivity index (χ2v) is 5.65. The molecular weight excluding hydrogens is 251 g/mol. The Morgan fingerprint density at radius 1 is 1.22 bits per heavy atom. The molecule has 0 radical (unpaired) electrons. The molecule has 1 saturated heterocycles. The van der Waals surface area contributed by atoms with E-state index in [2.05, 4.69) is 4.74 Å². The molecule has 106 valence electrons. The maximum atomic E-state index is 12.0. The number of hydrogen-bond acceptors (Lipinski definition) is 3. The van der Waals surface area contributed by atoms with E-state index in [1.54, 1.807) is 27.7 Å². The zero-order valence-electron chi connectivity index (χ0n) is 10.9. The second-order valence-electron chi connectivity index (χ2n) is 5.65. The van der Waals surface area contributed by atoms with Gasteiger partial charge in [0.25, 0.3) is 0 Å². The molecule has 1 rings (SSSR count). The van der Waals surface area contributed by atoms with Crippen molar-refractivity contribution < 1.29 is 27.4 Å². The lowest BCUT2D eigenvalue weighted by Crippen LogP contribution is -2.58. The molecule has 0 spiro atoms. The number of morpholine rings is 1. The van der Waals surface area contributed by atoms with Crippen LogP contribution in [0.3, 0.4) is 0 Å². The van der Waals surface area contributed by atoms with Crippen molar-refractivity contribution in [1.82, 2.24) is 4.90 Å². The monoisotopic (exact) mass is 269 g/mol. The van der Waals surface area contributed by atoms with E-state index in [-0.39, 0.29) is 13.1 Å². The fraction of sp³-hybridized carbons (Fsp3) is 0.909. The van der Waals surface area contributed by atoms with Crippen LogP contribution in [0, 0.1) is 0 Å². The van der Waals surface area contributed by atoms with Crippen LogP contribution in [0.25, 0.3) is 0 Å². The van der Waals surface area contributed by atoms with E-state index in [1.807, 2.05) is 0 Å². The van der Waals surface area contributed by atoms with Crippen molar-refractivity contribution in [1.29, 1.82) is 0 Å². The van der Waals surface area contributed by atoms with E-state index in [0.29, 0.717) is 0 Å². The molecule has 1 fully saturated rings. The number of amides is 1. The first-order valence-electron chi connectivity index (χ1n) is 5.59. The lowest BCUT2D eigenvalue weighted by Gasteiger charge is -2.46. The number of carbonyl (C=O) groups is 1. The van der Waals surface area contributed by atoms with E-state index in [4.69, 9.17) is 4.74 Å². The van der Waals surface area contributed by atoms with Crippen molar-refractivity contribution in [2.75, 3.05) is 19.7 Å². The van der Waals surface area contributed by atoms with Gasteiger partial charge in [-0.15, -0.1) is 0 Å². The predicted octanol–water partition coefficient (Wildman–Crippen LogP) is 2.57. The van der Waals surface area contributed by atoms with Gasteiger partial charge in [-0.05, 0) is 27.7 Å². The van der Waals surface area contributed by atoms with Gasteiger partial charge in [0, 0.05) is 0 Å². The number of hydrogen-bond donors (Lipinski definition) is 0. The summed E-state index contributed by atoms with van der Waals surface area (Å²) in [5.74, 6) is 0. The summed E-state index contributed by atoms with van der Waals surface area (Å²) in [7, 11) is 0. The van der Waals surface area contributed by atoms with E-state index in [0.717, 1.165) is 0 Å².